The van der Waals surface area contributed by atoms with Crippen LogP contribution < -0.4 is 0 Å². The first-order chi connectivity index (χ1) is 9.93. The van der Waals surface area contributed by atoms with Gasteiger partial charge in [-0.3, -0.25) is 5.41 Å². The summed E-state index contributed by atoms with van der Waals surface area (Å²) in [6, 6.07) is 5.13. The summed E-state index contributed by atoms with van der Waals surface area (Å²) in [7, 11) is -3.69. The van der Waals surface area contributed by atoms with E-state index in [4.69, 9.17) is 10.1 Å². The molecule has 0 aliphatic rings. The number of hydrogen-bond donors (Lipinski definition) is 2. The first-order valence-corrected chi connectivity index (χ1v) is 8.32. The molecule has 1 aromatic rings. The van der Waals surface area contributed by atoms with E-state index in [0.717, 1.165) is 0 Å². The van der Waals surface area contributed by atoms with Crippen LogP contribution in [-0.4, -0.2) is 36.1 Å². The van der Waals surface area contributed by atoms with Crippen molar-refractivity contribution in [3.05, 3.63) is 24.3 Å². The second-order valence-electron chi connectivity index (χ2n) is 6.03. The third kappa shape index (κ3) is 4.84. The van der Waals surface area contributed by atoms with Gasteiger partial charge in [0.1, 0.15) is 17.1 Å². The smallest absolute Gasteiger partial charge is 0.352 e. The predicted molar refractivity (Wildman–Crippen MR) is 82.9 cm³/mol. The first kappa shape index (κ1) is 18.2. The fourth-order valence-corrected chi connectivity index (χ4v) is 3.05. The molecular formula is C15H21NO5S. The Hall–Kier alpha value is -1.89. The number of benzene rings is 1. The number of nitrogens with one attached hydrogen (secondary N) is 1. The third-order valence-corrected chi connectivity index (χ3v) is 4.99. The van der Waals surface area contributed by atoms with E-state index in [1.165, 1.54) is 31.2 Å². The van der Waals surface area contributed by atoms with Crippen molar-refractivity contribution in [2.75, 3.05) is 0 Å². The van der Waals surface area contributed by atoms with Crippen LogP contribution in [0.4, 0.5) is 0 Å². The van der Waals surface area contributed by atoms with Crippen molar-refractivity contribution in [2.24, 2.45) is 0 Å². The number of phenols is 1. The fraction of sp³-hybridized carbons (Fsp3) is 0.467. The molecule has 2 N–H and O–H groups in total. The molecule has 122 valence electrons. The van der Waals surface area contributed by atoms with E-state index in [0.29, 0.717) is 0 Å². The molecule has 7 heteroatoms. The van der Waals surface area contributed by atoms with Gasteiger partial charge < -0.3 is 9.84 Å². The summed E-state index contributed by atoms with van der Waals surface area (Å²) in [5.74, 6) is -0.853. The highest BCUT2D eigenvalue weighted by molar-refractivity contribution is 7.92. The number of ether oxygens (including phenoxy) is 1. The van der Waals surface area contributed by atoms with Crippen LogP contribution in [0.2, 0.25) is 0 Å². The van der Waals surface area contributed by atoms with Gasteiger partial charge in [-0.2, -0.15) is 0 Å². The zero-order valence-electron chi connectivity index (χ0n) is 13.1. The molecule has 0 amide bonds. The van der Waals surface area contributed by atoms with Gasteiger partial charge in [0.15, 0.2) is 9.84 Å². The van der Waals surface area contributed by atoms with E-state index in [9.17, 15) is 18.3 Å². The van der Waals surface area contributed by atoms with Gasteiger partial charge in [0.25, 0.3) is 0 Å². The SMILES string of the molecule is CC(CC(=N)C(=O)OC(C)(C)C)S(=O)(=O)c1ccc(O)cc1. The molecule has 1 rings (SSSR count). The molecule has 1 unspecified atom stereocenters. The molecule has 0 bridgehead atoms. The van der Waals surface area contributed by atoms with Gasteiger partial charge in [-0.05, 0) is 52.0 Å². The summed E-state index contributed by atoms with van der Waals surface area (Å²) in [6.45, 7) is 6.46. The van der Waals surface area contributed by atoms with Crippen LogP contribution in [0.3, 0.4) is 0 Å². The first-order valence-electron chi connectivity index (χ1n) is 6.77. The Morgan fingerprint density at radius 2 is 1.77 bits per heavy atom. The van der Waals surface area contributed by atoms with E-state index >= 15 is 0 Å². The number of carbonyl (C=O) groups is 1. The quantitative estimate of drug-likeness (QED) is 0.638. The summed E-state index contributed by atoms with van der Waals surface area (Å²) >= 11 is 0. The lowest BCUT2D eigenvalue weighted by atomic mass is 10.1. The minimum Gasteiger partial charge on any atom is -0.508 e. The van der Waals surface area contributed by atoms with Crippen molar-refractivity contribution in [1.82, 2.24) is 0 Å². The number of esters is 1. The van der Waals surface area contributed by atoms with Crippen LogP contribution in [0.15, 0.2) is 29.2 Å². The van der Waals surface area contributed by atoms with Gasteiger partial charge in [-0.1, -0.05) is 0 Å². The molecule has 0 saturated carbocycles. The molecule has 22 heavy (non-hydrogen) atoms. The van der Waals surface area contributed by atoms with E-state index in [1.807, 2.05) is 0 Å². The Kier molecular flexibility index (Phi) is 5.35. The zero-order chi connectivity index (χ0) is 17.1. The van der Waals surface area contributed by atoms with E-state index in [-0.39, 0.29) is 22.8 Å². The van der Waals surface area contributed by atoms with Crippen molar-refractivity contribution >= 4 is 21.5 Å². The van der Waals surface area contributed by atoms with E-state index in [1.54, 1.807) is 20.8 Å². The Morgan fingerprint density at radius 1 is 1.27 bits per heavy atom. The fourth-order valence-electron chi connectivity index (χ4n) is 1.69. The summed E-state index contributed by atoms with van der Waals surface area (Å²) in [6.07, 6.45) is -0.238. The Labute approximate surface area is 130 Å². The molecule has 0 aromatic heterocycles. The predicted octanol–water partition coefficient (Wildman–Crippen LogP) is 2.31. The zero-order valence-corrected chi connectivity index (χ0v) is 13.9. The van der Waals surface area contributed by atoms with Gasteiger partial charge >= 0.3 is 5.97 Å². The van der Waals surface area contributed by atoms with Crippen molar-refractivity contribution in [3.63, 3.8) is 0 Å². The van der Waals surface area contributed by atoms with Crippen LogP contribution in [0.1, 0.15) is 34.1 Å². The van der Waals surface area contributed by atoms with Gasteiger partial charge in [0, 0.05) is 6.42 Å². The highest BCUT2D eigenvalue weighted by Crippen LogP contribution is 2.21. The minimum absolute atomic E-state index is 0.0342. The van der Waals surface area contributed by atoms with Gasteiger partial charge in [-0.15, -0.1) is 0 Å². The van der Waals surface area contributed by atoms with Crippen molar-refractivity contribution in [3.8, 4) is 5.75 Å². The summed E-state index contributed by atoms with van der Waals surface area (Å²) in [4.78, 5) is 11.8. The van der Waals surface area contributed by atoms with Crippen LogP contribution in [0.5, 0.6) is 5.75 Å². The third-order valence-electron chi connectivity index (χ3n) is 2.83. The highest BCUT2D eigenvalue weighted by Gasteiger charge is 2.28. The molecule has 0 heterocycles. The minimum atomic E-state index is -3.69. The molecule has 1 aromatic carbocycles. The standard InChI is InChI=1S/C15H21NO5S/c1-10(9-13(16)14(18)21-15(2,3)4)22(19,20)12-7-5-11(17)6-8-12/h5-8,10,16-17H,9H2,1-4H3. The van der Waals surface area contributed by atoms with Gasteiger partial charge in [0.2, 0.25) is 0 Å². The molecule has 6 nitrogen and oxygen atoms in total. The van der Waals surface area contributed by atoms with E-state index < -0.39 is 26.7 Å². The second-order valence-corrected chi connectivity index (χ2v) is 8.40. The number of carbonyl (C=O) groups excluding carboxylic acids is 1. The normalized spacial score (nSPS) is 13.5. The molecule has 0 aliphatic heterocycles. The average Bonchev–Trinajstić information content (AvgIpc) is 2.37. The molecule has 0 fully saturated rings. The number of sulfone groups is 1. The van der Waals surface area contributed by atoms with Crippen LogP contribution in [0, 0.1) is 5.41 Å². The Bertz CT molecular complexity index is 656. The van der Waals surface area contributed by atoms with Crippen LogP contribution >= 0.6 is 0 Å². The highest BCUT2D eigenvalue weighted by atomic mass is 32.2. The number of phenolic OH excluding ortho intramolecular Hbond substituents is 1. The number of aromatic hydroxyl groups is 1. The van der Waals surface area contributed by atoms with Gasteiger partial charge in [0.05, 0.1) is 10.1 Å². The summed E-state index contributed by atoms with van der Waals surface area (Å²) < 4.78 is 29.8. The Balaban J connectivity index is 2.83. The van der Waals surface area contributed by atoms with Crippen molar-refractivity contribution in [1.29, 1.82) is 5.41 Å². The lowest BCUT2D eigenvalue weighted by Gasteiger charge is -2.20. The number of hydrogen-bond acceptors (Lipinski definition) is 6. The lowest BCUT2D eigenvalue weighted by molar-refractivity contribution is -0.146. The number of rotatable bonds is 5. The monoisotopic (exact) mass is 327 g/mol. The maximum atomic E-state index is 12.4. The van der Waals surface area contributed by atoms with Gasteiger partial charge in [-0.25, -0.2) is 13.2 Å². The molecule has 0 aliphatic carbocycles. The molecule has 0 saturated heterocycles. The maximum absolute atomic E-state index is 12.4. The second kappa shape index (κ2) is 6.48. The summed E-state index contributed by atoms with van der Waals surface area (Å²) in [5.41, 5.74) is -1.12. The molecule has 0 spiro atoms. The Morgan fingerprint density at radius 3 is 2.23 bits per heavy atom. The maximum Gasteiger partial charge on any atom is 0.352 e. The molecule has 1 atom stereocenters. The molecular weight excluding hydrogens is 306 g/mol. The van der Waals surface area contributed by atoms with Crippen LogP contribution in [-0.2, 0) is 19.4 Å². The lowest BCUT2D eigenvalue weighted by Crippen LogP contribution is -2.31. The van der Waals surface area contributed by atoms with Crippen molar-refractivity contribution < 1.29 is 23.1 Å². The summed E-state index contributed by atoms with van der Waals surface area (Å²) in [5, 5.41) is 16.0. The topological polar surface area (TPSA) is 105 Å². The van der Waals surface area contributed by atoms with Crippen molar-refractivity contribution in [2.45, 2.75) is 49.9 Å². The molecule has 0 radical (unpaired) electrons. The largest absolute Gasteiger partial charge is 0.508 e. The average molecular weight is 327 g/mol. The van der Waals surface area contributed by atoms with E-state index in [2.05, 4.69) is 0 Å². The van der Waals surface area contributed by atoms with Crippen LogP contribution in [0.25, 0.3) is 0 Å².